The smallest absolute Gasteiger partial charge is 0.340 e. The molecular formula is C21H21ClN2O3. The van der Waals surface area contributed by atoms with E-state index in [-0.39, 0.29) is 5.78 Å². The Morgan fingerprint density at radius 2 is 1.59 bits per heavy atom. The number of alkyl halides is 1. The summed E-state index contributed by atoms with van der Waals surface area (Å²) >= 11 is 5.70. The van der Waals surface area contributed by atoms with E-state index in [4.69, 9.17) is 16.3 Å². The van der Waals surface area contributed by atoms with Gasteiger partial charge in [0.05, 0.1) is 23.2 Å². The molecule has 0 saturated heterocycles. The van der Waals surface area contributed by atoms with Gasteiger partial charge in [-0.1, -0.05) is 25.5 Å². The summed E-state index contributed by atoms with van der Waals surface area (Å²) in [5.74, 6) is 0.0244. The monoisotopic (exact) mass is 384 g/mol. The summed E-state index contributed by atoms with van der Waals surface area (Å²) in [7, 11) is 0. The molecule has 0 saturated carbocycles. The van der Waals surface area contributed by atoms with Crippen molar-refractivity contribution >= 4 is 45.4 Å². The van der Waals surface area contributed by atoms with E-state index < -0.39 is 5.97 Å². The Bertz CT molecular complexity index is 988. The van der Waals surface area contributed by atoms with Gasteiger partial charge in [-0.2, -0.15) is 0 Å². The number of hydrogen-bond acceptors (Lipinski definition) is 5. The number of Topliss-reactive ketones (excluding diaryl/α,β-unsaturated/α-hetero) is 1. The predicted octanol–water partition coefficient (Wildman–Crippen LogP) is 4.94. The van der Waals surface area contributed by atoms with Gasteiger partial charge in [0, 0.05) is 17.9 Å². The van der Waals surface area contributed by atoms with Crippen LogP contribution in [0.5, 0.6) is 0 Å². The van der Waals surface area contributed by atoms with Crippen molar-refractivity contribution in [1.82, 2.24) is 9.97 Å². The van der Waals surface area contributed by atoms with Crippen LogP contribution in [0.1, 0.15) is 53.3 Å². The standard InChI is InChI=1S/C21H21ClN2O3/c1-2-3-13-27-21(26)15-8-5-10-17-20(15)24-16-9-4-7-14(19(16)23-17)18(25)11-6-12-22/h4-5,7-10H,2-3,6,11-13H2,1H3. The zero-order valence-corrected chi connectivity index (χ0v) is 16.0. The van der Waals surface area contributed by atoms with E-state index in [1.54, 1.807) is 36.4 Å². The second kappa shape index (κ2) is 8.91. The van der Waals surface area contributed by atoms with Crippen LogP contribution >= 0.6 is 11.6 Å². The molecule has 3 aromatic rings. The Kier molecular flexibility index (Phi) is 6.35. The van der Waals surface area contributed by atoms with Gasteiger partial charge < -0.3 is 4.74 Å². The molecule has 27 heavy (non-hydrogen) atoms. The Morgan fingerprint density at radius 1 is 0.963 bits per heavy atom. The van der Waals surface area contributed by atoms with Crippen molar-refractivity contribution in [2.24, 2.45) is 0 Å². The van der Waals surface area contributed by atoms with E-state index in [2.05, 4.69) is 9.97 Å². The number of carbonyl (C=O) groups is 2. The van der Waals surface area contributed by atoms with E-state index in [0.29, 0.717) is 58.5 Å². The number of nitrogens with zero attached hydrogens (tertiary/aromatic N) is 2. The number of carbonyl (C=O) groups excluding carboxylic acids is 2. The maximum Gasteiger partial charge on any atom is 0.340 e. The number of unbranched alkanes of at least 4 members (excludes halogenated alkanes) is 1. The maximum atomic E-state index is 12.5. The SMILES string of the molecule is CCCCOC(=O)c1cccc2nc3c(C(=O)CCCCl)cccc3nc12. The van der Waals surface area contributed by atoms with Crippen molar-refractivity contribution in [3.8, 4) is 0 Å². The fourth-order valence-corrected chi connectivity index (χ4v) is 2.99. The quantitative estimate of drug-likeness (QED) is 0.181. The predicted molar refractivity (Wildman–Crippen MR) is 107 cm³/mol. The lowest BCUT2D eigenvalue weighted by molar-refractivity contribution is 0.0501. The molecule has 3 rings (SSSR count). The Labute approximate surface area is 162 Å². The first-order valence-electron chi connectivity index (χ1n) is 9.11. The number of esters is 1. The van der Waals surface area contributed by atoms with Gasteiger partial charge in [0.25, 0.3) is 0 Å². The molecule has 0 radical (unpaired) electrons. The van der Waals surface area contributed by atoms with Crippen LogP contribution < -0.4 is 0 Å². The average Bonchev–Trinajstić information content (AvgIpc) is 2.69. The van der Waals surface area contributed by atoms with Crippen LogP contribution in [0, 0.1) is 0 Å². The summed E-state index contributed by atoms with van der Waals surface area (Å²) < 4.78 is 5.32. The van der Waals surface area contributed by atoms with Gasteiger partial charge in [-0.15, -0.1) is 11.6 Å². The van der Waals surface area contributed by atoms with Gasteiger partial charge >= 0.3 is 5.97 Å². The molecule has 140 valence electrons. The lowest BCUT2D eigenvalue weighted by Crippen LogP contribution is -2.08. The molecular weight excluding hydrogens is 364 g/mol. The first-order valence-corrected chi connectivity index (χ1v) is 9.65. The molecule has 0 unspecified atom stereocenters. The van der Waals surface area contributed by atoms with Crippen LogP contribution in [0.2, 0.25) is 0 Å². The fourth-order valence-electron chi connectivity index (χ4n) is 2.86. The number of fused-ring (bicyclic) bond motifs is 2. The van der Waals surface area contributed by atoms with Gasteiger partial charge in [-0.05, 0) is 37.1 Å². The summed E-state index contributed by atoms with van der Waals surface area (Å²) in [5.41, 5.74) is 3.08. The number of rotatable bonds is 8. The number of hydrogen-bond donors (Lipinski definition) is 0. The molecule has 0 aliphatic rings. The summed E-state index contributed by atoms with van der Waals surface area (Å²) in [4.78, 5) is 34.1. The minimum absolute atomic E-state index is 0.00923. The minimum Gasteiger partial charge on any atom is -0.462 e. The van der Waals surface area contributed by atoms with Crippen LogP contribution in [0.4, 0.5) is 0 Å². The molecule has 2 aromatic carbocycles. The van der Waals surface area contributed by atoms with Gasteiger partial charge in [0.1, 0.15) is 11.0 Å². The molecule has 0 N–H and O–H groups in total. The molecule has 0 aliphatic carbocycles. The van der Waals surface area contributed by atoms with Crippen molar-refractivity contribution < 1.29 is 14.3 Å². The Hall–Kier alpha value is -2.53. The molecule has 0 fully saturated rings. The molecule has 5 nitrogen and oxygen atoms in total. The van der Waals surface area contributed by atoms with Crippen molar-refractivity contribution in [3.63, 3.8) is 0 Å². The summed E-state index contributed by atoms with van der Waals surface area (Å²) in [6.07, 6.45) is 2.75. The van der Waals surface area contributed by atoms with Gasteiger partial charge in [-0.3, -0.25) is 4.79 Å². The summed E-state index contributed by atoms with van der Waals surface area (Å²) in [6.45, 7) is 2.42. The number of aromatic nitrogens is 2. The van der Waals surface area contributed by atoms with E-state index in [1.807, 2.05) is 6.92 Å². The van der Waals surface area contributed by atoms with E-state index in [0.717, 1.165) is 12.8 Å². The highest BCUT2D eigenvalue weighted by atomic mass is 35.5. The first-order chi connectivity index (χ1) is 13.2. The topological polar surface area (TPSA) is 69.2 Å². The summed E-state index contributed by atoms with van der Waals surface area (Å²) in [6, 6.07) is 10.5. The second-order valence-electron chi connectivity index (χ2n) is 6.28. The number of para-hydroxylation sites is 2. The lowest BCUT2D eigenvalue weighted by atomic mass is 10.0. The van der Waals surface area contributed by atoms with Crippen LogP contribution in [-0.2, 0) is 4.74 Å². The number of halogens is 1. The van der Waals surface area contributed by atoms with Crippen LogP contribution in [0.15, 0.2) is 36.4 Å². The van der Waals surface area contributed by atoms with Gasteiger partial charge in [0.15, 0.2) is 5.78 Å². The molecule has 0 spiro atoms. The molecule has 0 bridgehead atoms. The largest absolute Gasteiger partial charge is 0.462 e. The van der Waals surface area contributed by atoms with E-state index in [1.165, 1.54) is 0 Å². The fraction of sp³-hybridized carbons (Fsp3) is 0.333. The molecule has 0 aliphatic heterocycles. The number of ketones is 1. The van der Waals surface area contributed by atoms with Crippen molar-refractivity contribution in [3.05, 3.63) is 47.5 Å². The van der Waals surface area contributed by atoms with Crippen LogP contribution in [0.3, 0.4) is 0 Å². The number of benzene rings is 2. The van der Waals surface area contributed by atoms with Crippen LogP contribution in [-0.4, -0.2) is 34.2 Å². The van der Waals surface area contributed by atoms with Crippen molar-refractivity contribution in [2.45, 2.75) is 32.6 Å². The third-order valence-corrected chi connectivity index (χ3v) is 4.55. The third kappa shape index (κ3) is 4.25. The minimum atomic E-state index is -0.406. The highest BCUT2D eigenvalue weighted by molar-refractivity contribution is 6.18. The summed E-state index contributed by atoms with van der Waals surface area (Å²) in [5, 5.41) is 0. The molecule has 1 aromatic heterocycles. The second-order valence-corrected chi connectivity index (χ2v) is 6.65. The van der Waals surface area contributed by atoms with Crippen molar-refractivity contribution in [1.29, 1.82) is 0 Å². The Balaban J connectivity index is 2.05. The highest BCUT2D eigenvalue weighted by Gasteiger charge is 2.17. The average molecular weight is 385 g/mol. The highest BCUT2D eigenvalue weighted by Crippen LogP contribution is 2.23. The molecule has 0 atom stereocenters. The third-order valence-electron chi connectivity index (χ3n) is 4.28. The van der Waals surface area contributed by atoms with Crippen molar-refractivity contribution in [2.75, 3.05) is 12.5 Å². The van der Waals surface area contributed by atoms with Gasteiger partial charge in [-0.25, -0.2) is 14.8 Å². The molecule has 6 heteroatoms. The lowest BCUT2D eigenvalue weighted by Gasteiger charge is -2.09. The Morgan fingerprint density at radius 3 is 2.22 bits per heavy atom. The molecule has 0 amide bonds. The van der Waals surface area contributed by atoms with Gasteiger partial charge in [0.2, 0.25) is 0 Å². The zero-order chi connectivity index (χ0) is 19.2. The first kappa shape index (κ1) is 19.2. The van der Waals surface area contributed by atoms with Crippen LogP contribution in [0.25, 0.3) is 22.1 Å². The number of ether oxygens (including phenoxy) is 1. The molecule has 1 heterocycles. The normalized spacial score (nSPS) is 11.0. The zero-order valence-electron chi connectivity index (χ0n) is 15.2. The van der Waals surface area contributed by atoms with E-state index in [9.17, 15) is 9.59 Å². The maximum absolute atomic E-state index is 12.5. The van der Waals surface area contributed by atoms with E-state index >= 15 is 0 Å².